The van der Waals surface area contributed by atoms with Gasteiger partial charge in [0.05, 0.1) is 20.7 Å². The highest BCUT2D eigenvalue weighted by molar-refractivity contribution is 9.10. The highest BCUT2D eigenvalue weighted by atomic mass is 79.9. The number of rotatable bonds is 5. The molecule has 1 aliphatic rings. The summed E-state index contributed by atoms with van der Waals surface area (Å²) in [6.07, 6.45) is 4.29. The first kappa shape index (κ1) is 19.7. The van der Waals surface area contributed by atoms with Crippen molar-refractivity contribution >= 4 is 45.0 Å². The summed E-state index contributed by atoms with van der Waals surface area (Å²) in [6, 6.07) is 5.48. The van der Waals surface area contributed by atoms with Crippen molar-refractivity contribution in [3.05, 3.63) is 50.7 Å². The number of piperazine rings is 1. The molecule has 1 fully saturated rings. The second-order valence-corrected chi connectivity index (χ2v) is 8.14. The summed E-state index contributed by atoms with van der Waals surface area (Å²) in [5.74, 6) is 0.136. The average Bonchev–Trinajstić information content (AvgIpc) is 3.05. The summed E-state index contributed by atoms with van der Waals surface area (Å²) >= 11 is 15.5. The number of aromatic nitrogens is 2. The molecule has 2 aromatic rings. The van der Waals surface area contributed by atoms with E-state index in [-0.39, 0.29) is 11.9 Å². The van der Waals surface area contributed by atoms with Gasteiger partial charge < -0.3 is 4.90 Å². The summed E-state index contributed by atoms with van der Waals surface area (Å²) in [6.45, 7) is 5.94. The molecule has 0 saturated carbocycles. The Hall–Kier alpha value is -1.08. The first-order valence-corrected chi connectivity index (χ1v) is 10.2. The Balaban J connectivity index is 1.57. The molecule has 8 heteroatoms. The monoisotopic (exact) mass is 458 g/mol. The maximum atomic E-state index is 12.9. The van der Waals surface area contributed by atoms with E-state index in [1.165, 1.54) is 0 Å². The van der Waals surface area contributed by atoms with Crippen molar-refractivity contribution in [1.29, 1.82) is 0 Å². The highest BCUT2D eigenvalue weighted by Gasteiger charge is 2.28. The number of nitrogens with zero attached hydrogens (tertiary/aromatic N) is 4. The molecule has 3 rings (SSSR count). The molecule has 0 spiro atoms. The van der Waals surface area contributed by atoms with Gasteiger partial charge in [0.15, 0.2) is 0 Å². The zero-order chi connectivity index (χ0) is 18.7. The van der Waals surface area contributed by atoms with Gasteiger partial charge in [0.2, 0.25) is 5.91 Å². The summed E-state index contributed by atoms with van der Waals surface area (Å²) < 4.78 is 2.63. The van der Waals surface area contributed by atoms with Gasteiger partial charge in [0.1, 0.15) is 6.04 Å². The van der Waals surface area contributed by atoms with E-state index in [4.69, 9.17) is 23.2 Å². The van der Waals surface area contributed by atoms with Crippen LogP contribution in [-0.4, -0.2) is 51.7 Å². The van der Waals surface area contributed by atoms with Crippen LogP contribution in [0.25, 0.3) is 0 Å². The Labute approximate surface area is 172 Å². The van der Waals surface area contributed by atoms with Gasteiger partial charge in [-0.1, -0.05) is 36.2 Å². The van der Waals surface area contributed by atoms with Crippen LogP contribution in [0, 0.1) is 0 Å². The molecule has 2 heterocycles. The molecule has 1 unspecified atom stereocenters. The zero-order valence-corrected chi connectivity index (χ0v) is 17.6. The first-order valence-electron chi connectivity index (χ1n) is 8.62. The topological polar surface area (TPSA) is 41.4 Å². The Morgan fingerprint density at radius 2 is 1.96 bits per heavy atom. The fraction of sp³-hybridized carbons (Fsp3) is 0.444. The van der Waals surface area contributed by atoms with Gasteiger partial charge in [-0.3, -0.25) is 14.4 Å². The Morgan fingerprint density at radius 3 is 2.54 bits per heavy atom. The van der Waals surface area contributed by atoms with Crippen LogP contribution < -0.4 is 0 Å². The van der Waals surface area contributed by atoms with E-state index in [0.717, 1.165) is 49.2 Å². The smallest absolute Gasteiger partial charge is 0.247 e. The Morgan fingerprint density at radius 1 is 1.23 bits per heavy atom. The predicted molar refractivity (Wildman–Crippen MR) is 108 cm³/mol. The maximum Gasteiger partial charge on any atom is 0.247 e. The molecule has 1 atom stereocenters. The van der Waals surface area contributed by atoms with Gasteiger partial charge in [-0.05, 0) is 40.0 Å². The average molecular weight is 460 g/mol. The third-order valence-corrected chi connectivity index (χ3v) is 5.78. The van der Waals surface area contributed by atoms with Crippen molar-refractivity contribution < 1.29 is 4.79 Å². The first-order chi connectivity index (χ1) is 12.5. The molecule has 0 N–H and O–H groups in total. The number of halogens is 3. The third kappa shape index (κ3) is 4.60. The van der Waals surface area contributed by atoms with E-state index in [1.807, 2.05) is 36.2 Å². The van der Waals surface area contributed by atoms with E-state index >= 15 is 0 Å². The van der Waals surface area contributed by atoms with Gasteiger partial charge in [0.25, 0.3) is 0 Å². The van der Waals surface area contributed by atoms with Crippen molar-refractivity contribution in [3.8, 4) is 0 Å². The molecule has 1 saturated heterocycles. The van der Waals surface area contributed by atoms with Crippen LogP contribution in [0.1, 0.15) is 24.9 Å². The second kappa shape index (κ2) is 8.74. The van der Waals surface area contributed by atoms with Crippen molar-refractivity contribution in [2.75, 3.05) is 26.2 Å². The van der Waals surface area contributed by atoms with Gasteiger partial charge in [-0.15, -0.1) is 0 Å². The number of carbonyl (C=O) groups excluding carboxylic acids is 1. The molecule has 1 aromatic carbocycles. The minimum atomic E-state index is -0.247. The van der Waals surface area contributed by atoms with Crippen LogP contribution in [0.15, 0.2) is 35.1 Å². The SMILES string of the molecule is CCC(C(=O)N1CCN(Cc2ccc(Cl)c(Cl)c2)CC1)n1cc(Br)cn1. The number of amides is 1. The van der Waals surface area contributed by atoms with E-state index < -0.39 is 0 Å². The lowest BCUT2D eigenvalue weighted by atomic mass is 10.1. The van der Waals surface area contributed by atoms with Crippen molar-refractivity contribution in [2.45, 2.75) is 25.9 Å². The number of carbonyl (C=O) groups is 1. The minimum absolute atomic E-state index is 0.136. The molecule has 5 nitrogen and oxygen atoms in total. The van der Waals surface area contributed by atoms with Gasteiger partial charge in [-0.2, -0.15) is 5.10 Å². The molecule has 1 aliphatic heterocycles. The van der Waals surface area contributed by atoms with Gasteiger partial charge >= 0.3 is 0 Å². The summed E-state index contributed by atoms with van der Waals surface area (Å²) in [4.78, 5) is 17.2. The van der Waals surface area contributed by atoms with Crippen LogP contribution in [0.5, 0.6) is 0 Å². The molecular formula is C18H21BrCl2N4O. The lowest BCUT2D eigenvalue weighted by Crippen LogP contribution is -2.50. The normalized spacial score (nSPS) is 16.7. The molecular weight excluding hydrogens is 439 g/mol. The fourth-order valence-corrected chi connectivity index (χ4v) is 3.82. The van der Waals surface area contributed by atoms with E-state index in [0.29, 0.717) is 10.0 Å². The second-order valence-electron chi connectivity index (χ2n) is 6.41. The van der Waals surface area contributed by atoms with Crippen molar-refractivity contribution in [2.24, 2.45) is 0 Å². The molecule has 1 aromatic heterocycles. The molecule has 26 heavy (non-hydrogen) atoms. The number of hydrogen-bond acceptors (Lipinski definition) is 3. The summed E-state index contributed by atoms with van der Waals surface area (Å²) in [7, 11) is 0. The van der Waals surface area contributed by atoms with Crippen molar-refractivity contribution in [3.63, 3.8) is 0 Å². The summed E-state index contributed by atoms with van der Waals surface area (Å²) in [5, 5.41) is 5.43. The maximum absolute atomic E-state index is 12.9. The quantitative estimate of drug-likeness (QED) is 0.671. The van der Waals surface area contributed by atoms with Crippen LogP contribution >= 0.6 is 39.1 Å². The number of hydrogen-bond donors (Lipinski definition) is 0. The van der Waals surface area contributed by atoms with Gasteiger partial charge in [-0.25, -0.2) is 0 Å². The van der Waals surface area contributed by atoms with Crippen LogP contribution in [0.2, 0.25) is 10.0 Å². The van der Waals surface area contributed by atoms with E-state index in [2.05, 4.69) is 25.9 Å². The lowest BCUT2D eigenvalue weighted by molar-refractivity contribution is -0.137. The van der Waals surface area contributed by atoms with E-state index in [9.17, 15) is 4.79 Å². The Bertz CT molecular complexity index is 774. The minimum Gasteiger partial charge on any atom is -0.338 e. The predicted octanol–water partition coefficient (Wildman–Crippen LogP) is 4.25. The molecule has 140 valence electrons. The largest absolute Gasteiger partial charge is 0.338 e. The fourth-order valence-electron chi connectivity index (χ4n) is 3.19. The van der Waals surface area contributed by atoms with Crippen LogP contribution in [0.4, 0.5) is 0 Å². The zero-order valence-electron chi connectivity index (χ0n) is 14.5. The van der Waals surface area contributed by atoms with Crippen LogP contribution in [-0.2, 0) is 11.3 Å². The van der Waals surface area contributed by atoms with Crippen LogP contribution in [0.3, 0.4) is 0 Å². The molecule has 0 radical (unpaired) electrons. The summed E-state index contributed by atoms with van der Waals surface area (Å²) in [5.41, 5.74) is 1.13. The van der Waals surface area contributed by atoms with Crippen molar-refractivity contribution in [1.82, 2.24) is 19.6 Å². The molecule has 1 amide bonds. The third-order valence-electron chi connectivity index (χ3n) is 4.64. The standard InChI is InChI=1S/C18H21BrCl2N4O/c1-2-17(25-12-14(19)10-22-25)18(26)24-7-5-23(6-8-24)11-13-3-4-15(20)16(21)9-13/h3-4,9-10,12,17H,2,5-8,11H2,1H3. The molecule has 0 aliphatic carbocycles. The Kier molecular flexibility index (Phi) is 6.61. The van der Waals surface area contributed by atoms with E-state index in [1.54, 1.807) is 10.9 Å². The molecule has 0 bridgehead atoms. The lowest BCUT2D eigenvalue weighted by Gasteiger charge is -2.36. The highest BCUT2D eigenvalue weighted by Crippen LogP contribution is 2.24. The number of benzene rings is 1. The van der Waals surface area contributed by atoms with Gasteiger partial charge in [0, 0.05) is 38.9 Å².